The zero-order valence-electron chi connectivity index (χ0n) is 83.8. The minimum Gasteiger partial charge on any atom is -0.508 e. The number of phenols is 2. The highest BCUT2D eigenvalue weighted by Crippen LogP contribution is 2.25. The first-order valence-electron chi connectivity index (χ1n) is 48.6. The Morgan fingerprint density at radius 2 is 0.649 bits per heavy atom. The van der Waals surface area contributed by atoms with Crippen LogP contribution in [0.1, 0.15) is 153 Å². The third kappa shape index (κ3) is 38.7. The Labute approximate surface area is 854 Å². The van der Waals surface area contributed by atoms with Crippen molar-refractivity contribution < 1.29 is 107 Å². The highest BCUT2D eigenvalue weighted by molar-refractivity contribution is 6.01. The van der Waals surface area contributed by atoms with E-state index >= 15 is 0 Å². The summed E-state index contributed by atoms with van der Waals surface area (Å²) in [6, 6.07) is 8.30. The molecule has 8 rings (SSSR count). The van der Waals surface area contributed by atoms with Crippen molar-refractivity contribution in [1.82, 2.24) is 104 Å². The number of carboxylic acid groups (broad SMARTS) is 2. The Kier molecular flexibility index (Phi) is 47.1. The average Bonchev–Trinajstić information content (AvgIpc) is 1.67. The number of likely N-dealkylation sites (tertiary alicyclic amines) is 2. The van der Waals surface area contributed by atoms with Gasteiger partial charge >= 0.3 is 11.9 Å². The smallest absolute Gasteiger partial charge is 0.326 e. The molecule has 16 atom stereocenters. The topological polar surface area (TPSA) is 824 Å². The molecule has 16 amide bonds. The summed E-state index contributed by atoms with van der Waals surface area (Å²) in [5.74, 6) is -18.4. The number of guanidine groups is 2. The maximum atomic E-state index is 14.5. The van der Waals surface area contributed by atoms with E-state index in [0.717, 1.165) is 0 Å². The van der Waals surface area contributed by atoms with Crippen LogP contribution in [0.25, 0.3) is 0 Å². The van der Waals surface area contributed by atoms with Crippen molar-refractivity contribution in [3.05, 3.63) is 168 Å². The molecule has 0 saturated carbocycles. The fraction of sp³-hybridized carbons (Fsp3) is 0.490. The molecule has 0 aliphatic carbocycles. The van der Waals surface area contributed by atoms with E-state index < -0.39 is 240 Å². The number of carbonyl (C=O) groups excluding carboxylic acids is 16. The summed E-state index contributed by atoms with van der Waals surface area (Å²) in [7, 11) is 0. The number of hydrogen-bond donors (Lipinski definition) is 28. The molecule has 34 N–H and O–H groups in total. The molecule has 2 aliphatic heterocycles. The van der Waals surface area contributed by atoms with Crippen LogP contribution in [0.15, 0.2) is 134 Å². The molecule has 4 heterocycles. The molecule has 0 bridgehead atoms. The summed E-state index contributed by atoms with van der Waals surface area (Å²) in [5.41, 5.74) is 36.1. The van der Waals surface area contributed by atoms with Gasteiger partial charge in [-0.05, 0) is 122 Å². The number of hydrogen-bond acceptors (Lipinski definition) is 26. The first kappa shape index (κ1) is 119. The lowest BCUT2D eigenvalue weighted by atomic mass is 9.98. The van der Waals surface area contributed by atoms with Gasteiger partial charge in [0.15, 0.2) is 11.9 Å². The summed E-state index contributed by atoms with van der Waals surface area (Å²) in [4.78, 5) is 260. The number of primary amides is 2. The van der Waals surface area contributed by atoms with E-state index in [1.54, 1.807) is 116 Å². The summed E-state index contributed by atoms with van der Waals surface area (Å²) in [5, 5.41) is 91.8. The van der Waals surface area contributed by atoms with Crippen molar-refractivity contribution in [1.29, 1.82) is 10.8 Å². The molecule has 0 unspecified atom stereocenters. The van der Waals surface area contributed by atoms with Gasteiger partial charge in [-0.25, -0.2) is 19.6 Å². The van der Waals surface area contributed by atoms with Gasteiger partial charge in [-0.2, -0.15) is 0 Å². The molecule has 804 valence electrons. The number of aromatic amines is 2. The molecular weight excluding hydrogens is 1920 g/mol. The van der Waals surface area contributed by atoms with Gasteiger partial charge in [-0.1, -0.05) is 140 Å². The lowest BCUT2D eigenvalue weighted by Gasteiger charge is -2.31. The Morgan fingerprint density at radius 3 is 0.926 bits per heavy atom. The standard InChI is InChI=1S/2C49H70N14O11/c2*1-26(2)39(61-42(67)33(12-8-18-55-49(52)53)57-41(66)32(50)23-38(51)65)45(70)58-34(20-29-14-16-31(64)17-15-29)43(68)62-40(27(3)4)46(71)59-35(22-30-24-54-25-56-30)47(72)63-19-9-13-37(63)44(69)60-36(48(73)74)21-28-10-6-5-7-11-28/h2*5-7,10-11,14-17,24-27,32-37,39-40,64H,8-9,12-13,18-23,50H2,1-4H3,(H2,51,65)(H,54,56)(H,57,66)(H,58,70)(H,59,71)(H,60,69)(H,61,67)(H,62,68)(H,73,74)(H4,52,53,55)/t2*32-,33-,34-,35-,36-,37-,39-,40-/m00/s1. The first-order valence-corrected chi connectivity index (χ1v) is 48.6. The number of nitrogens with zero attached hydrogens (tertiary/aromatic N) is 4. The number of aromatic hydroxyl groups is 2. The van der Waals surface area contributed by atoms with Gasteiger partial charge in [0.1, 0.15) is 96.1 Å². The minimum absolute atomic E-state index is 0.000167. The number of aliphatic carboxylic acids is 2. The van der Waals surface area contributed by atoms with Gasteiger partial charge in [0.25, 0.3) is 0 Å². The quantitative estimate of drug-likeness (QED) is 0.00978. The zero-order valence-corrected chi connectivity index (χ0v) is 83.8. The van der Waals surface area contributed by atoms with Crippen LogP contribution in [-0.4, -0.2) is 291 Å². The molecule has 0 radical (unpaired) electrons. The Morgan fingerprint density at radius 1 is 0.365 bits per heavy atom. The number of aromatic nitrogens is 4. The van der Waals surface area contributed by atoms with Crippen LogP contribution in [0.3, 0.4) is 0 Å². The molecule has 4 aromatic carbocycles. The van der Waals surface area contributed by atoms with Crippen molar-refractivity contribution in [3.63, 3.8) is 0 Å². The molecule has 0 spiro atoms. The lowest BCUT2D eigenvalue weighted by molar-refractivity contribution is -0.145. The Balaban J connectivity index is 0.000000401. The maximum Gasteiger partial charge on any atom is 0.326 e. The van der Waals surface area contributed by atoms with Gasteiger partial charge in [0.2, 0.25) is 94.5 Å². The lowest BCUT2D eigenvalue weighted by Crippen LogP contribution is -2.62. The largest absolute Gasteiger partial charge is 0.508 e. The Bertz CT molecular complexity index is 5170. The van der Waals surface area contributed by atoms with Crippen molar-refractivity contribution in [3.8, 4) is 11.5 Å². The molecule has 2 fully saturated rings. The predicted molar refractivity (Wildman–Crippen MR) is 538 cm³/mol. The second-order valence-corrected chi connectivity index (χ2v) is 37.7. The van der Waals surface area contributed by atoms with E-state index in [1.807, 2.05) is 0 Å². The third-order valence-corrected chi connectivity index (χ3v) is 24.4. The maximum absolute atomic E-state index is 14.5. The van der Waals surface area contributed by atoms with Crippen molar-refractivity contribution in [2.75, 3.05) is 26.2 Å². The number of carbonyl (C=O) groups is 18. The van der Waals surface area contributed by atoms with Crippen molar-refractivity contribution in [2.24, 2.45) is 58.1 Å². The zero-order chi connectivity index (χ0) is 109. The number of phenolic OH excluding ortho intramolecular Hbond substituents is 2. The number of nitrogens with one attached hydrogen (secondary N) is 18. The molecule has 2 saturated heterocycles. The molecule has 50 nitrogen and oxygen atoms in total. The second kappa shape index (κ2) is 58.7. The molecule has 2 aromatic heterocycles. The van der Waals surface area contributed by atoms with Crippen LogP contribution in [0.2, 0.25) is 0 Å². The van der Waals surface area contributed by atoms with E-state index in [4.69, 9.17) is 45.2 Å². The molecule has 148 heavy (non-hydrogen) atoms. The third-order valence-electron chi connectivity index (χ3n) is 24.4. The summed E-state index contributed by atoms with van der Waals surface area (Å²) in [6.45, 7) is 13.6. The summed E-state index contributed by atoms with van der Waals surface area (Å²) >= 11 is 0. The van der Waals surface area contributed by atoms with Gasteiger partial charge in [-0.3, -0.25) is 87.5 Å². The van der Waals surface area contributed by atoms with Gasteiger partial charge in [0, 0.05) is 88.5 Å². The van der Waals surface area contributed by atoms with E-state index in [9.17, 15) is 107 Å². The van der Waals surface area contributed by atoms with E-state index in [0.29, 0.717) is 46.5 Å². The number of rotatable bonds is 56. The number of benzene rings is 4. The number of nitrogens with two attached hydrogens (primary N) is 6. The van der Waals surface area contributed by atoms with Crippen LogP contribution in [0.4, 0.5) is 0 Å². The highest BCUT2D eigenvalue weighted by Gasteiger charge is 2.45. The Hall–Kier alpha value is -16.2. The summed E-state index contributed by atoms with van der Waals surface area (Å²) in [6.07, 6.45) is 5.75. The van der Waals surface area contributed by atoms with Crippen LogP contribution < -0.4 is 109 Å². The first-order chi connectivity index (χ1) is 70.1. The summed E-state index contributed by atoms with van der Waals surface area (Å²) < 4.78 is 0. The monoisotopic (exact) mass is 2060 g/mol. The van der Waals surface area contributed by atoms with E-state index in [2.05, 4.69) is 94.4 Å². The van der Waals surface area contributed by atoms with Crippen molar-refractivity contribution >= 4 is 118 Å². The SMILES string of the molecule is CC(C)[C@H](NC(=O)[C@H](CCCNC(=N)N)NC(=O)[C@@H](N)CC(N)=O)C(=O)N[C@@H](Cc1ccc(O)cc1)C(=O)N[C@H](C(=O)N[C@@H](Cc1cnc[nH]1)C(=O)N1CCC[C@H]1C(=O)N[C@@H](Cc1ccccc1)C(=O)O)C(C)C.CC(C)[C@H](NC(=O)[C@H](CCCNC(=N)N)NC(=O)[C@@H](N)CC(N)=O)C(=O)N[C@@H](Cc1ccc(O)cc1)C(=O)N[C@H](C(=O)N[C@@H](Cc1cnc[nH]1)C(=O)N1CCC[C@H]1C(=O)N[C@@H](Cc1ccccc1)C(=O)O)C(C)C. The molecule has 6 aromatic rings. The van der Waals surface area contributed by atoms with E-state index in [-0.39, 0.29) is 127 Å². The fourth-order valence-electron chi connectivity index (χ4n) is 16.4. The normalized spacial score (nSPS) is 16.0. The van der Waals surface area contributed by atoms with Gasteiger partial charge in [-0.15, -0.1) is 0 Å². The van der Waals surface area contributed by atoms with E-state index in [1.165, 1.54) is 83.4 Å². The number of carboxylic acids is 2. The van der Waals surface area contributed by atoms with Gasteiger partial charge < -0.3 is 149 Å². The number of H-pyrrole nitrogens is 2. The predicted octanol–water partition coefficient (Wildman–Crippen LogP) is -4.19. The fourth-order valence-corrected chi connectivity index (χ4v) is 16.4. The van der Waals surface area contributed by atoms with Crippen LogP contribution in [0, 0.1) is 34.5 Å². The number of imidazole rings is 2. The van der Waals surface area contributed by atoms with Crippen LogP contribution in [-0.2, 0) is 125 Å². The molecule has 2 aliphatic rings. The number of amides is 16. The van der Waals surface area contributed by atoms with Gasteiger partial charge in [0.05, 0.1) is 37.6 Å². The minimum atomic E-state index is -1.41. The highest BCUT2D eigenvalue weighted by atomic mass is 16.4. The second-order valence-electron chi connectivity index (χ2n) is 37.7. The van der Waals surface area contributed by atoms with Crippen LogP contribution in [0.5, 0.6) is 11.5 Å². The van der Waals surface area contributed by atoms with Crippen LogP contribution >= 0.6 is 0 Å². The molecular formula is C98H140N28O22. The average molecular weight is 2060 g/mol. The van der Waals surface area contributed by atoms with Crippen molar-refractivity contribution in [2.45, 2.75) is 255 Å². The molecule has 50 heteroatoms.